The molecule has 2 aromatic heterocycles. The Labute approximate surface area is 96.5 Å². The van der Waals surface area contributed by atoms with Gasteiger partial charge >= 0.3 is 5.97 Å². The van der Waals surface area contributed by atoms with Crippen LogP contribution >= 0.6 is 11.6 Å². The summed E-state index contributed by atoms with van der Waals surface area (Å²) in [7, 11) is 0. The first kappa shape index (κ1) is 10.9. The van der Waals surface area contributed by atoms with Gasteiger partial charge in [-0.2, -0.15) is 0 Å². The Bertz CT molecular complexity index is 538. The van der Waals surface area contributed by atoms with E-state index in [1.807, 2.05) is 0 Å². The smallest absolute Gasteiger partial charge is 0.320 e. The molecule has 0 spiro atoms. The molecule has 0 saturated carbocycles. The molecular weight excluding hydrogens is 230 g/mol. The zero-order valence-corrected chi connectivity index (χ0v) is 9.05. The van der Waals surface area contributed by atoms with Crippen LogP contribution in [0.4, 0.5) is 0 Å². The summed E-state index contributed by atoms with van der Waals surface area (Å²) >= 11 is 5.95. The molecule has 2 heterocycles. The van der Waals surface area contributed by atoms with E-state index in [9.17, 15) is 4.79 Å². The summed E-state index contributed by atoms with van der Waals surface area (Å²) < 4.78 is 1.68. The van der Waals surface area contributed by atoms with Crippen molar-refractivity contribution in [3.63, 3.8) is 0 Å². The van der Waals surface area contributed by atoms with Gasteiger partial charge in [0.25, 0.3) is 0 Å². The monoisotopic (exact) mass is 239 g/mol. The van der Waals surface area contributed by atoms with Gasteiger partial charge in [-0.25, -0.2) is 4.98 Å². The van der Waals surface area contributed by atoms with E-state index in [1.54, 1.807) is 22.6 Å². The fourth-order valence-corrected chi connectivity index (χ4v) is 1.78. The Morgan fingerprint density at radius 2 is 2.38 bits per heavy atom. The standard InChI is InChI=1S/C10H10ClN3O2/c11-8-5-13-9-3-1-2-6(14(8)9)4-7(12)10(15)16/h1-3,5,7H,4,12H2,(H,15,16). The molecule has 0 saturated heterocycles. The van der Waals surface area contributed by atoms with Gasteiger partial charge in [-0.3, -0.25) is 9.20 Å². The largest absolute Gasteiger partial charge is 0.480 e. The van der Waals surface area contributed by atoms with E-state index in [1.165, 1.54) is 6.20 Å². The van der Waals surface area contributed by atoms with Crippen molar-refractivity contribution in [3.05, 3.63) is 35.2 Å². The minimum absolute atomic E-state index is 0.211. The molecule has 84 valence electrons. The molecule has 2 rings (SSSR count). The summed E-state index contributed by atoms with van der Waals surface area (Å²) in [6.45, 7) is 0. The van der Waals surface area contributed by atoms with Crippen molar-refractivity contribution < 1.29 is 9.90 Å². The molecule has 0 fully saturated rings. The van der Waals surface area contributed by atoms with E-state index in [0.717, 1.165) is 5.69 Å². The summed E-state index contributed by atoms with van der Waals surface area (Å²) in [5.74, 6) is -1.03. The van der Waals surface area contributed by atoms with Crippen molar-refractivity contribution in [2.45, 2.75) is 12.5 Å². The van der Waals surface area contributed by atoms with Crippen LogP contribution in [-0.4, -0.2) is 26.5 Å². The summed E-state index contributed by atoms with van der Waals surface area (Å²) in [4.78, 5) is 14.8. The lowest BCUT2D eigenvalue weighted by Crippen LogP contribution is -2.32. The number of carboxylic acids is 1. The van der Waals surface area contributed by atoms with Crippen LogP contribution in [0.1, 0.15) is 5.69 Å². The van der Waals surface area contributed by atoms with Gasteiger partial charge in [-0.1, -0.05) is 17.7 Å². The summed E-state index contributed by atoms with van der Waals surface area (Å²) in [5, 5.41) is 9.20. The third-order valence-corrected chi connectivity index (χ3v) is 2.58. The zero-order valence-electron chi connectivity index (χ0n) is 8.30. The highest BCUT2D eigenvalue weighted by Gasteiger charge is 2.15. The minimum Gasteiger partial charge on any atom is -0.480 e. The number of imidazole rings is 1. The van der Waals surface area contributed by atoms with Gasteiger partial charge in [0.15, 0.2) is 0 Å². The molecule has 0 aliphatic heterocycles. The van der Waals surface area contributed by atoms with Crippen LogP contribution in [0.2, 0.25) is 5.15 Å². The number of rotatable bonds is 3. The molecule has 0 aliphatic carbocycles. The van der Waals surface area contributed by atoms with Gasteiger partial charge in [0.2, 0.25) is 0 Å². The van der Waals surface area contributed by atoms with Gasteiger partial charge in [-0.15, -0.1) is 0 Å². The van der Waals surface area contributed by atoms with Crippen molar-refractivity contribution in [2.24, 2.45) is 5.73 Å². The third kappa shape index (κ3) is 1.87. The van der Waals surface area contributed by atoms with Gasteiger partial charge < -0.3 is 10.8 Å². The molecule has 0 radical (unpaired) electrons. The number of nitrogens with zero attached hydrogens (tertiary/aromatic N) is 2. The third-order valence-electron chi connectivity index (χ3n) is 2.31. The molecule has 3 N–H and O–H groups in total. The molecule has 16 heavy (non-hydrogen) atoms. The number of halogens is 1. The quantitative estimate of drug-likeness (QED) is 0.835. The van der Waals surface area contributed by atoms with E-state index in [0.29, 0.717) is 10.8 Å². The maximum Gasteiger partial charge on any atom is 0.320 e. The van der Waals surface area contributed by atoms with Crippen LogP contribution in [0.3, 0.4) is 0 Å². The summed E-state index contributed by atoms with van der Waals surface area (Å²) in [6, 6.07) is 4.43. The second-order valence-electron chi connectivity index (χ2n) is 3.44. The van der Waals surface area contributed by atoms with Gasteiger partial charge in [0, 0.05) is 12.1 Å². The molecule has 1 unspecified atom stereocenters. The Balaban J connectivity index is 2.44. The highest BCUT2D eigenvalue weighted by atomic mass is 35.5. The van der Waals surface area contributed by atoms with Crippen molar-refractivity contribution in [1.29, 1.82) is 0 Å². The van der Waals surface area contributed by atoms with E-state index in [4.69, 9.17) is 22.4 Å². The van der Waals surface area contributed by atoms with Crippen molar-refractivity contribution >= 4 is 23.2 Å². The average molecular weight is 240 g/mol. The lowest BCUT2D eigenvalue weighted by Gasteiger charge is -2.09. The number of fused-ring (bicyclic) bond motifs is 1. The zero-order chi connectivity index (χ0) is 11.7. The number of nitrogens with two attached hydrogens (primary N) is 1. The normalized spacial score (nSPS) is 12.9. The lowest BCUT2D eigenvalue weighted by molar-refractivity contribution is -0.138. The highest BCUT2D eigenvalue weighted by Crippen LogP contribution is 2.16. The molecule has 0 amide bonds. The fraction of sp³-hybridized carbons (Fsp3) is 0.200. The Kier molecular flexibility index (Phi) is 2.80. The first-order valence-electron chi connectivity index (χ1n) is 4.69. The summed E-state index contributed by atoms with van der Waals surface area (Å²) in [6.07, 6.45) is 1.73. The number of carbonyl (C=O) groups is 1. The van der Waals surface area contributed by atoms with E-state index < -0.39 is 12.0 Å². The van der Waals surface area contributed by atoms with E-state index in [2.05, 4.69) is 4.98 Å². The van der Waals surface area contributed by atoms with Crippen LogP contribution < -0.4 is 5.73 Å². The highest BCUT2D eigenvalue weighted by molar-refractivity contribution is 6.29. The van der Waals surface area contributed by atoms with Crippen LogP contribution in [0, 0.1) is 0 Å². The first-order chi connectivity index (χ1) is 7.59. The molecule has 2 aromatic rings. The maximum absolute atomic E-state index is 10.7. The second-order valence-corrected chi connectivity index (χ2v) is 3.83. The molecule has 6 heteroatoms. The SMILES string of the molecule is NC(Cc1cccc2ncc(Cl)n12)C(=O)O. The fourth-order valence-electron chi connectivity index (χ4n) is 1.54. The number of carboxylic acid groups (broad SMARTS) is 1. The van der Waals surface area contributed by atoms with Crippen LogP contribution in [0.5, 0.6) is 0 Å². The van der Waals surface area contributed by atoms with Crippen LogP contribution in [-0.2, 0) is 11.2 Å². The number of hydrogen-bond acceptors (Lipinski definition) is 3. The summed E-state index contributed by atoms with van der Waals surface area (Å²) in [5.41, 5.74) is 6.89. The minimum atomic E-state index is -1.03. The Hall–Kier alpha value is -1.59. The lowest BCUT2D eigenvalue weighted by atomic mass is 10.1. The molecule has 0 aliphatic rings. The Morgan fingerprint density at radius 1 is 1.62 bits per heavy atom. The van der Waals surface area contributed by atoms with Gasteiger partial charge in [0.1, 0.15) is 16.8 Å². The predicted octanol–water partition coefficient (Wildman–Crippen LogP) is 0.942. The van der Waals surface area contributed by atoms with Gasteiger partial charge in [0.05, 0.1) is 6.20 Å². The predicted molar refractivity (Wildman–Crippen MR) is 59.5 cm³/mol. The van der Waals surface area contributed by atoms with Gasteiger partial charge in [-0.05, 0) is 12.1 Å². The molecule has 1 atom stereocenters. The molecular formula is C10H10ClN3O2. The van der Waals surface area contributed by atoms with Crippen molar-refractivity contribution in [2.75, 3.05) is 0 Å². The molecule has 0 bridgehead atoms. The number of aromatic nitrogens is 2. The number of pyridine rings is 1. The second kappa shape index (κ2) is 4.11. The Morgan fingerprint density at radius 3 is 3.06 bits per heavy atom. The maximum atomic E-state index is 10.7. The van der Waals surface area contributed by atoms with E-state index in [-0.39, 0.29) is 6.42 Å². The topological polar surface area (TPSA) is 80.6 Å². The first-order valence-corrected chi connectivity index (χ1v) is 5.06. The van der Waals surface area contributed by atoms with Crippen molar-refractivity contribution in [1.82, 2.24) is 9.38 Å². The van der Waals surface area contributed by atoms with Crippen LogP contribution in [0.15, 0.2) is 24.4 Å². The number of aliphatic carboxylic acids is 1. The number of hydrogen-bond donors (Lipinski definition) is 2. The molecule has 0 aromatic carbocycles. The molecule has 5 nitrogen and oxygen atoms in total. The van der Waals surface area contributed by atoms with Crippen molar-refractivity contribution in [3.8, 4) is 0 Å². The van der Waals surface area contributed by atoms with Crippen LogP contribution in [0.25, 0.3) is 5.65 Å². The van der Waals surface area contributed by atoms with E-state index >= 15 is 0 Å². The average Bonchev–Trinajstić information content (AvgIpc) is 2.61.